The average molecular weight is 391 g/mol. The van der Waals surface area contributed by atoms with Crippen molar-refractivity contribution in [1.29, 1.82) is 0 Å². The molecule has 0 unspecified atom stereocenters. The molecule has 160 valence electrons. The molecule has 4 N–H and O–H groups in total. The van der Waals surface area contributed by atoms with Crippen molar-refractivity contribution in [3.8, 4) is 0 Å². The number of hydrogen-bond acceptors (Lipinski definition) is 7. The van der Waals surface area contributed by atoms with Gasteiger partial charge in [0, 0.05) is 6.42 Å². The molecule has 0 amide bonds. The van der Waals surface area contributed by atoms with Crippen molar-refractivity contribution in [3.63, 3.8) is 0 Å². The van der Waals surface area contributed by atoms with E-state index < -0.39 is 43.3 Å². The highest BCUT2D eigenvalue weighted by Crippen LogP contribution is 2.23. The van der Waals surface area contributed by atoms with Crippen LogP contribution in [0.15, 0.2) is 0 Å². The molecule has 0 spiro atoms. The summed E-state index contributed by atoms with van der Waals surface area (Å²) >= 11 is 0. The topological polar surface area (TPSA) is 116 Å². The molecule has 0 aromatic heterocycles. The van der Waals surface area contributed by atoms with Crippen molar-refractivity contribution in [2.24, 2.45) is 0 Å². The number of ether oxygens (including phenoxy) is 2. The number of carbonyl (C=O) groups excluding carboxylic acids is 1. The first-order valence-corrected chi connectivity index (χ1v) is 10.5. The highest BCUT2D eigenvalue weighted by atomic mass is 16.7. The SMILES string of the molecule is CCCCCCCCCCCCCC(=O)O[C@@H]1[C@@H](O)[C@H](O)[C@@H](CO)O[C@H]1O. The molecule has 27 heavy (non-hydrogen) atoms. The lowest BCUT2D eigenvalue weighted by Gasteiger charge is -2.39. The second-order valence-corrected chi connectivity index (χ2v) is 7.47. The Balaban J connectivity index is 2.07. The number of hydrogen-bond donors (Lipinski definition) is 4. The van der Waals surface area contributed by atoms with Crippen LogP contribution in [0.5, 0.6) is 0 Å². The summed E-state index contributed by atoms with van der Waals surface area (Å²) in [5.41, 5.74) is 0. The van der Waals surface area contributed by atoms with Crippen LogP contribution in [0.25, 0.3) is 0 Å². The summed E-state index contributed by atoms with van der Waals surface area (Å²) < 4.78 is 10.0. The van der Waals surface area contributed by atoms with Crippen molar-refractivity contribution in [2.75, 3.05) is 6.61 Å². The molecule has 5 atom stereocenters. The first-order valence-electron chi connectivity index (χ1n) is 10.5. The van der Waals surface area contributed by atoms with Gasteiger partial charge in [-0.05, 0) is 6.42 Å². The van der Waals surface area contributed by atoms with Gasteiger partial charge >= 0.3 is 5.97 Å². The number of carbonyl (C=O) groups is 1. The predicted molar refractivity (Wildman–Crippen MR) is 101 cm³/mol. The number of esters is 1. The van der Waals surface area contributed by atoms with E-state index in [0.29, 0.717) is 6.42 Å². The Kier molecular flexibility index (Phi) is 12.9. The molecule has 0 saturated carbocycles. The smallest absolute Gasteiger partial charge is 0.306 e. The first kappa shape index (κ1) is 24.3. The Morgan fingerprint density at radius 3 is 1.89 bits per heavy atom. The zero-order valence-corrected chi connectivity index (χ0v) is 16.6. The van der Waals surface area contributed by atoms with Gasteiger partial charge in [-0.2, -0.15) is 0 Å². The molecule has 0 aromatic rings. The average Bonchev–Trinajstić information content (AvgIpc) is 2.66. The molecule has 7 nitrogen and oxygen atoms in total. The van der Waals surface area contributed by atoms with E-state index in [1.54, 1.807) is 0 Å². The highest BCUT2D eigenvalue weighted by Gasteiger charge is 2.45. The maximum absolute atomic E-state index is 11.9. The van der Waals surface area contributed by atoms with Crippen molar-refractivity contribution in [3.05, 3.63) is 0 Å². The fourth-order valence-corrected chi connectivity index (χ4v) is 3.34. The van der Waals surface area contributed by atoms with E-state index in [-0.39, 0.29) is 6.42 Å². The van der Waals surface area contributed by atoms with Crippen LogP contribution in [0.1, 0.15) is 84.0 Å². The third-order valence-electron chi connectivity index (χ3n) is 5.09. The Morgan fingerprint density at radius 1 is 0.852 bits per heavy atom. The molecule has 7 heteroatoms. The summed E-state index contributed by atoms with van der Waals surface area (Å²) in [5, 5.41) is 38.5. The summed E-state index contributed by atoms with van der Waals surface area (Å²) in [6.07, 6.45) is 6.25. The standard InChI is InChI=1S/C20H38O7/c1-2-3-4-5-6-7-8-9-10-11-12-13-16(22)27-19-18(24)17(23)15(14-21)26-20(19)25/h15,17-21,23-25H,2-14H2,1H3/t15-,17-,18+,19-,20-/m1/s1. The second-order valence-electron chi connectivity index (χ2n) is 7.47. The van der Waals surface area contributed by atoms with E-state index in [1.807, 2.05) is 0 Å². The van der Waals surface area contributed by atoms with Crippen LogP contribution in [-0.4, -0.2) is 63.7 Å². The maximum Gasteiger partial charge on any atom is 0.306 e. The van der Waals surface area contributed by atoms with Crippen LogP contribution in [0, 0.1) is 0 Å². The molecule has 0 aromatic carbocycles. The monoisotopic (exact) mass is 390 g/mol. The molecule has 0 aliphatic carbocycles. The fraction of sp³-hybridized carbons (Fsp3) is 0.950. The van der Waals surface area contributed by atoms with Gasteiger partial charge in [0.1, 0.15) is 18.3 Å². The van der Waals surface area contributed by atoms with E-state index in [2.05, 4.69) is 6.92 Å². The molecule has 1 fully saturated rings. The highest BCUT2D eigenvalue weighted by molar-refractivity contribution is 5.69. The maximum atomic E-state index is 11.9. The van der Waals surface area contributed by atoms with E-state index >= 15 is 0 Å². The van der Waals surface area contributed by atoms with Crippen molar-refractivity contribution in [2.45, 2.75) is 115 Å². The zero-order chi connectivity index (χ0) is 20.1. The predicted octanol–water partition coefficient (Wildman–Crippen LogP) is 2.03. The summed E-state index contributed by atoms with van der Waals surface area (Å²) in [6.45, 7) is 1.67. The summed E-state index contributed by atoms with van der Waals surface area (Å²) in [7, 11) is 0. The van der Waals surface area contributed by atoms with Crippen LogP contribution < -0.4 is 0 Å². The molecule has 1 saturated heterocycles. The third kappa shape index (κ3) is 9.34. The quantitative estimate of drug-likeness (QED) is 0.265. The zero-order valence-electron chi connectivity index (χ0n) is 16.6. The van der Waals surface area contributed by atoms with Gasteiger partial charge in [0.25, 0.3) is 0 Å². The molecule has 1 rings (SSSR count). The van der Waals surface area contributed by atoms with Crippen LogP contribution in [0.3, 0.4) is 0 Å². The normalized spacial score (nSPS) is 28.3. The largest absolute Gasteiger partial charge is 0.454 e. The number of aliphatic hydroxyl groups excluding tert-OH is 4. The van der Waals surface area contributed by atoms with Crippen molar-refractivity contribution < 1.29 is 34.7 Å². The van der Waals surface area contributed by atoms with Gasteiger partial charge in [-0.3, -0.25) is 4.79 Å². The lowest BCUT2D eigenvalue weighted by molar-refractivity contribution is -0.290. The van der Waals surface area contributed by atoms with Gasteiger partial charge in [0.05, 0.1) is 6.61 Å². The summed E-state index contributed by atoms with van der Waals surface area (Å²) in [5.74, 6) is -0.535. The second kappa shape index (κ2) is 14.3. The minimum atomic E-state index is -1.57. The van der Waals surface area contributed by atoms with Gasteiger partial charge in [0.2, 0.25) is 0 Å². The molecule has 0 bridgehead atoms. The number of rotatable bonds is 14. The molecular formula is C20H38O7. The Morgan fingerprint density at radius 2 is 1.37 bits per heavy atom. The van der Waals surface area contributed by atoms with E-state index in [1.165, 1.54) is 51.4 Å². The Hall–Kier alpha value is -0.730. The van der Waals surface area contributed by atoms with E-state index in [0.717, 1.165) is 12.8 Å². The van der Waals surface area contributed by atoms with Gasteiger partial charge in [0.15, 0.2) is 12.4 Å². The molecule has 0 radical (unpaired) electrons. The van der Waals surface area contributed by atoms with Crippen LogP contribution in [0.2, 0.25) is 0 Å². The summed E-state index contributed by atoms with van der Waals surface area (Å²) in [6, 6.07) is 0. The van der Waals surface area contributed by atoms with Gasteiger partial charge < -0.3 is 29.9 Å². The van der Waals surface area contributed by atoms with Crippen molar-refractivity contribution >= 4 is 5.97 Å². The van der Waals surface area contributed by atoms with E-state index in [4.69, 9.17) is 14.6 Å². The number of aliphatic hydroxyl groups is 4. The molecule has 1 aliphatic heterocycles. The Bertz CT molecular complexity index is 391. The molecular weight excluding hydrogens is 352 g/mol. The van der Waals surface area contributed by atoms with Gasteiger partial charge in [-0.25, -0.2) is 0 Å². The summed E-state index contributed by atoms with van der Waals surface area (Å²) in [4.78, 5) is 11.9. The van der Waals surface area contributed by atoms with Crippen LogP contribution in [-0.2, 0) is 14.3 Å². The first-order chi connectivity index (χ1) is 13.0. The minimum absolute atomic E-state index is 0.201. The lowest BCUT2D eigenvalue weighted by Crippen LogP contribution is -2.59. The van der Waals surface area contributed by atoms with E-state index in [9.17, 15) is 20.1 Å². The third-order valence-corrected chi connectivity index (χ3v) is 5.09. The fourth-order valence-electron chi connectivity index (χ4n) is 3.34. The Labute approximate surface area is 162 Å². The van der Waals surface area contributed by atoms with Gasteiger partial charge in [-0.15, -0.1) is 0 Å². The lowest BCUT2D eigenvalue weighted by atomic mass is 9.99. The van der Waals surface area contributed by atoms with Crippen LogP contribution >= 0.6 is 0 Å². The minimum Gasteiger partial charge on any atom is -0.454 e. The van der Waals surface area contributed by atoms with Crippen molar-refractivity contribution in [1.82, 2.24) is 0 Å². The molecule has 1 aliphatic rings. The molecule has 1 heterocycles. The van der Waals surface area contributed by atoms with Crippen LogP contribution in [0.4, 0.5) is 0 Å². The number of unbranched alkanes of at least 4 members (excludes halogenated alkanes) is 10. The van der Waals surface area contributed by atoms with Gasteiger partial charge in [-0.1, -0.05) is 71.1 Å².